The summed E-state index contributed by atoms with van der Waals surface area (Å²) in [5.74, 6) is 0. The van der Waals surface area contributed by atoms with Gasteiger partial charge in [-0.2, -0.15) is 0 Å². The molecule has 0 aliphatic heterocycles. The molecule has 0 fully saturated rings. The highest BCUT2D eigenvalue weighted by Gasteiger charge is 2.19. The molecule has 3 heteroatoms. The van der Waals surface area contributed by atoms with E-state index in [0.29, 0.717) is 0 Å². The Hall–Kier alpha value is -0.600. The third-order valence-corrected chi connectivity index (χ3v) is 2.24. The molecule has 0 saturated carbocycles. The van der Waals surface area contributed by atoms with Crippen molar-refractivity contribution >= 4 is 12.4 Å². The minimum Gasteiger partial charge on any atom is -0.324 e. The van der Waals surface area contributed by atoms with Gasteiger partial charge in [0.15, 0.2) is 0 Å². The summed E-state index contributed by atoms with van der Waals surface area (Å²) in [4.78, 5) is 4.42. The fourth-order valence-electron chi connectivity index (χ4n) is 1.61. The van der Waals surface area contributed by atoms with Gasteiger partial charge < -0.3 is 5.73 Å². The van der Waals surface area contributed by atoms with Crippen molar-refractivity contribution in [3.63, 3.8) is 0 Å². The van der Waals surface area contributed by atoms with E-state index in [1.807, 2.05) is 13.0 Å². The monoisotopic (exact) mass is 184 g/mol. The van der Waals surface area contributed by atoms with Gasteiger partial charge in [0, 0.05) is 17.4 Å². The number of aryl methyl sites for hydroxylation is 2. The molecule has 1 aliphatic rings. The van der Waals surface area contributed by atoms with E-state index in [9.17, 15) is 0 Å². The molecule has 1 aromatic rings. The largest absolute Gasteiger partial charge is 0.324 e. The summed E-state index contributed by atoms with van der Waals surface area (Å²) in [5.41, 5.74) is 9.40. The molecule has 0 aromatic carbocycles. The predicted octanol–water partition coefficient (Wildman–Crippen LogP) is 1.76. The van der Waals surface area contributed by atoms with Gasteiger partial charge in [-0.1, -0.05) is 6.07 Å². The van der Waals surface area contributed by atoms with Crippen LogP contribution in [0.4, 0.5) is 0 Å². The minimum absolute atomic E-state index is 0. The molecule has 66 valence electrons. The van der Waals surface area contributed by atoms with Crippen LogP contribution in [-0.2, 0) is 6.42 Å². The first kappa shape index (κ1) is 9.49. The second kappa shape index (κ2) is 3.42. The molecular formula is C9H13ClN2. The number of nitrogens with two attached hydrogens (primary N) is 1. The van der Waals surface area contributed by atoms with Gasteiger partial charge in [0.25, 0.3) is 0 Å². The molecule has 1 aliphatic carbocycles. The van der Waals surface area contributed by atoms with E-state index >= 15 is 0 Å². The first-order valence-corrected chi connectivity index (χ1v) is 3.99. The van der Waals surface area contributed by atoms with Crippen LogP contribution in [0.5, 0.6) is 0 Å². The molecule has 12 heavy (non-hydrogen) atoms. The van der Waals surface area contributed by atoms with Crippen LogP contribution in [0.15, 0.2) is 12.1 Å². The maximum atomic E-state index is 5.86. The van der Waals surface area contributed by atoms with Crippen molar-refractivity contribution < 1.29 is 0 Å². The van der Waals surface area contributed by atoms with Crippen LogP contribution >= 0.6 is 12.4 Å². The van der Waals surface area contributed by atoms with E-state index in [1.165, 1.54) is 11.3 Å². The molecule has 1 unspecified atom stereocenters. The zero-order valence-corrected chi connectivity index (χ0v) is 7.90. The van der Waals surface area contributed by atoms with Gasteiger partial charge in [0.05, 0.1) is 0 Å². The fraction of sp³-hybridized carbons (Fsp3) is 0.444. The lowest BCUT2D eigenvalue weighted by molar-refractivity contribution is 0.712. The van der Waals surface area contributed by atoms with E-state index in [2.05, 4.69) is 11.1 Å². The van der Waals surface area contributed by atoms with Gasteiger partial charge in [-0.15, -0.1) is 12.4 Å². The second-order valence-electron chi connectivity index (χ2n) is 3.13. The van der Waals surface area contributed by atoms with Crippen LogP contribution in [0.2, 0.25) is 0 Å². The Labute approximate surface area is 78.6 Å². The summed E-state index contributed by atoms with van der Waals surface area (Å²) in [6, 6.07) is 4.37. The van der Waals surface area contributed by atoms with E-state index < -0.39 is 0 Å². The first-order valence-electron chi connectivity index (χ1n) is 3.99. The van der Waals surface area contributed by atoms with Crippen LogP contribution in [0.25, 0.3) is 0 Å². The van der Waals surface area contributed by atoms with Crippen LogP contribution in [0.3, 0.4) is 0 Å². The average molecular weight is 185 g/mol. The molecule has 0 bridgehead atoms. The summed E-state index contributed by atoms with van der Waals surface area (Å²) >= 11 is 0. The number of rotatable bonds is 0. The third kappa shape index (κ3) is 1.45. The van der Waals surface area contributed by atoms with Crippen molar-refractivity contribution in [2.45, 2.75) is 25.8 Å². The van der Waals surface area contributed by atoms with Gasteiger partial charge >= 0.3 is 0 Å². The van der Waals surface area contributed by atoms with Crippen molar-refractivity contribution in [1.29, 1.82) is 0 Å². The number of aromatic nitrogens is 1. The van der Waals surface area contributed by atoms with Crippen molar-refractivity contribution in [2.24, 2.45) is 5.73 Å². The van der Waals surface area contributed by atoms with E-state index in [-0.39, 0.29) is 18.4 Å². The van der Waals surface area contributed by atoms with Crippen molar-refractivity contribution in [1.82, 2.24) is 4.98 Å². The summed E-state index contributed by atoms with van der Waals surface area (Å²) in [6.07, 6.45) is 2.12. The maximum Gasteiger partial charge on any atom is 0.0455 e. The highest BCUT2D eigenvalue weighted by molar-refractivity contribution is 5.85. The average Bonchev–Trinajstić information content (AvgIpc) is 2.32. The Morgan fingerprint density at radius 1 is 1.50 bits per heavy atom. The molecule has 2 rings (SSSR count). The Morgan fingerprint density at radius 2 is 2.25 bits per heavy atom. The van der Waals surface area contributed by atoms with Gasteiger partial charge in [-0.05, 0) is 31.4 Å². The van der Waals surface area contributed by atoms with E-state index in [4.69, 9.17) is 5.73 Å². The Balaban J connectivity index is 0.000000720. The molecule has 0 amide bonds. The van der Waals surface area contributed by atoms with E-state index in [0.717, 1.165) is 18.5 Å². The molecule has 2 nitrogen and oxygen atoms in total. The van der Waals surface area contributed by atoms with Crippen molar-refractivity contribution in [3.8, 4) is 0 Å². The molecule has 2 N–H and O–H groups in total. The van der Waals surface area contributed by atoms with Gasteiger partial charge in [-0.3, -0.25) is 4.98 Å². The number of nitrogens with zero attached hydrogens (tertiary/aromatic N) is 1. The lowest BCUT2D eigenvalue weighted by Crippen LogP contribution is -2.05. The second-order valence-corrected chi connectivity index (χ2v) is 3.13. The molecule has 1 aromatic heterocycles. The molecule has 1 atom stereocenters. The minimum atomic E-state index is 0. The summed E-state index contributed by atoms with van der Waals surface area (Å²) in [6.45, 7) is 2.02. The molecule has 0 saturated heterocycles. The molecule has 1 heterocycles. The number of pyridine rings is 1. The highest BCUT2D eigenvalue weighted by atomic mass is 35.5. The lowest BCUT2D eigenvalue weighted by Gasteiger charge is -2.02. The lowest BCUT2D eigenvalue weighted by atomic mass is 10.1. The topological polar surface area (TPSA) is 38.9 Å². The third-order valence-electron chi connectivity index (χ3n) is 2.24. The van der Waals surface area contributed by atoms with Crippen LogP contribution in [0, 0.1) is 6.92 Å². The number of hydrogen-bond donors (Lipinski definition) is 1. The standard InChI is InChI=1S/C9H12N2.ClH/c1-6-2-3-7-8(10)4-5-9(7)11-6;/h2-3,8H,4-5,10H2,1H3;1H. The summed E-state index contributed by atoms with van der Waals surface area (Å²) in [5, 5.41) is 0. The Bertz CT molecular complexity index is 286. The molecular weight excluding hydrogens is 172 g/mol. The van der Waals surface area contributed by atoms with Gasteiger partial charge in [-0.25, -0.2) is 0 Å². The van der Waals surface area contributed by atoms with Crippen molar-refractivity contribution in [2.75, 3.05) is 0 Å². The number of hydrogen-bond acceptors (Lipinski definition) is 2. The van der Waals surface area contributed by atoms with Crippen LogP contribution < -0.4 is 5.73 Å². The smallest absolute Gasteiger partial charge is 0.0455 e. The Morgan fingerprint density at radius 3 is 3.00 bits per heavy atom. The maximum absolute atomic E-state index is 5.86. The molecule has 0 spiro atoms. The number of fused-ring (bicyclic) bond motifs is 1. The summed E-state index contributed by atoms with van der Waals surface area (Å²) < 4.78 is 0. The van der Waals surface area contributed by atoms with Crippen molar-refractivity contribution in [3.05, 3.63) is 29.1 Å². The van der Waals surface area contributed by atoms with Gasteiger partial charge in [0.2, 0.25) is 0 Å². The SMILES string of the molecule is Cc1ccc2c(n1)CCC2N.Cl. The zero-order chi connectivity index (χ0) is 7.84. The normalized spacial score (nSPS) is 20.0. The van der Waals surface area contributed by atoms with Gasteiger partial charge in [0.1, 0.15) is 0 Å². The van der Waals surface area contributed by atoms with E-state index in [1.54, 1.807) is 0 Å². The first-order chi connectivity index (χ1) is 5.27. The summed E-state index contributed by atoms with van der Waals surface area (Å²) in [7, 11) is 0. The quantitative estimate of drug-likeness (QED) is 0.668. The number of halogens is 1. The van der Waals surface area contributed by atoms with Crippen LogP contribution in [-0.4, -0.2) is 4.98 Å². The zero-order valence-electron chi connectivity index (χ0n) is 7.08. The Kier molecular flexibility index (Phi) is 2.70. The van der Waals surface area contributed by atoms with Crippen LogP contribution in [0.1, 0.15) is 29.4 Å². The molecule has 0 radical (unpaired) electrons. The predicted molar refractivity (Wildman–Crippen MR) is 51.5 cm³/mol. The highest BCUT2D eigenvalue weighted by Crippen LogP contribution is 2.27. The fourth-order valence-corrected chi connectivity index (χ4v) is 1.61.